The summed E-state index contributed by atoms with van der Waals surface area (Å²) in [5.41, 5.74) is 0.512. The predicted molar refractivity (Wildman–Crippen MR) is 114 cm³/mol. The molecule has 0 bridgehead atoms. The third kappa shape index (κ3) is 4.45. The van der Waals surface area contributed by atoms with Gasteiger partial charge in [0.1, 0.15) is 24.3 Å². The van der Waals surface area contributed by atoms with E-state index in [1.54, 1.807) is 6.07 Å². The van der Waals surface area contributed by atoms with Gasteiger partial charge in [-0.2, -0.15) is 0 Å². The van der Waals surface area contributed by atoms with Crippen LogP contribution in [0.4, 0.5) is 0 Å². The van der Waals surface area contributed by atoms with Crippen LogP contribution in [0.5, 0.6) is 5.75 Å². The van der Waals surface area contributed by atoms with Gasteiger partial charge in [-0.1, -0.05) is 48.5 Å². The van der Waals surface area contributed by atoms with E-state index in [0.29, 0.717) is 29.8 Å². The van der Waals surface area contributed by atoms with Crippen LogP contribution in [0.15, 0.2) is 71.5 Å². The minimum Gasteiger partial charge on any atom is -0.490 e. The summed E-state index contributed by atoms with van der Waals surface area (Å²) in [6.45, 7) is 0.993. The van der Waals surface area contributed by atoms with E-state index in [4.69, 9.17) is 4.74 Å². The summed E-state index contributed by atoms with van der Waals surface area (Å²) in [4.78, 5) is 21.4. The molecule has 0 saturated carbocycles. The second-order valence-corrected chi connectivity index (χ2v) is 7.17. The first-order valence-corrected chi connectivity index (χ1v) is 9.55. The number of likely N-dealkylation sites (N-methyl/N-ethyl adjacent to an activating group) is 1. The van der Waals surface area contributed by atoms with E-state index in [2.05, 4.69) is 9.97 Å². The van der Waals surface area contributed by atoms with Gasteiger partial charge in [-0.15, -0.1) is 0 Å². The number of hydrogen-bond acceptors (Lipinski definition) is 5. The van der Waals surface area contributed by atoms with Gasteiger partial charge in [0.05, 0.1) is 17.4 Å². The molecule has 0 aliphatic rings. The fourth-order valence-corrected chi connectivity index (χ4v) is 3.45. The van der Waals surface area contributed by atoms with E-state index in [0.717, 1.165) is 16.5 Å². The Balaban J connectivity index is 1.37. The monoisotopic (exact) mass is 389 g/mol. The van der Waals surface area contributed by atoms with Crippen LogP contribution >= 0.6 is 0 Å². The highest BCUT2D eigenvalue weighted by Gasteiger charge is 2.12. The van der Waals surface area contributed by atoms with Gasteiger partial charge in [0.25, 0.3) is 5.56 Å². The van der Waals surface area contributed by atoms with Crippen LogP contribution in [0.25, 0.3) is 21.7 Å². The zero-order valence-corrected chi connectivity index (χ0v) is 16.2. The number of H-pyrrole nitrogens is 1. The fraction of sp³-hybridized carbons (Fsp3) is 0.217. The Bertz CT molecular complexity index is 1180. The lowest BCUT2D eigenvalue weighted by Crippen LogP contribution is -2.33. The smallest absolute Gasteiger partial charge is 0.258 e. The van der Waals surface area contributed by atoms with Gasteiger partial charge in [-0.25, -0.2) is 4.98 Å². The van der Waals surface area contributed by atoms with Gasteiger partial charge < -0.3 is 14.8 Å². The van der Waals surface area contributed by atoms with Crippen molar-refractivity contribution < 1.29 is 9.84 Å². The van der Waals surface area contributed by atoms with Crippen LogP contribution in [0.3, 0.4) is 0 Å². The van der Waals surface area contributed by atoms with Gasteiger partial charge >= 0.3 is 0 Å². The van der Waals surface area contributed by atoms with E-state index in [9.17, 15) is 9.90 Å². The maximum absolute atomic E-state index is 12.2. The standard InChI is InChI=1S/C23H23N3O3/c1-26(14-22-24-20-11-5-4-10-19(20)23(28)25-22)13-17(27)15-29-21-12-6-8-16-7-2-3-9-18(16)21/h2-12,17,27H,13-15H2,1H3,(H,24,25,28). The summed E-state index contributed by atoms with van der Waals surface area (Å²) in [5.74, 6) is 1.32. The van der Waals surface area contributed by atoms with Crippen molar-refractivity contribution in [1.82, 2.24) is 14.9 Å². The number of ether oxygens (including phenoxy) is 1. The second kappa shape index (κ2) is 8.43. The van der Waals surface area contributed by atoms with Gasteiger partial charge in [-0.05, 0) is 30.6 Å². The molecule has 2 N–H and O–H groups in total. The van der Waals surface area contributed by atoms with Crippen molar-refractivity contribution in [3.05, 3.63) is 82.9 Å². The first-order chi connectivity index (χ1) is 14.1. The number of para-hydroxylation sites is 1. The summed E-state index contributed by atoms with van der Waals surface area (Å²) >= 11 is 0. The minimum absolute atomic E-state index is 0.154. The quantitative estimate of drug-likeness (QED) is 0.508. The van der Waals surface area contributed by atoms with E-state index in [1.807, 2.05) is 72.6 Å². The van der Waals surface area contributed by atoms with Crippen LogP contribution in [-0.2, 0) is 6.54 Å². The molecular formula is C23H23N3O3. The third-order valence-electron chi connectivity index (χ3n) is 4.78. The lowest BCUT2D eigenvalue weighted by atomic mass is 10.1. The zero-order valence-electron chi connectivity index (χ0n) is 16.2. The highest BCUT2D eigenvalue weighted by molar-refractivity contribution is 5.88. The third-order valence-corrected chi connectivity index (χ3v) is 4.78. The van der Waals surface area contributed by atoms with Crippen molar-refractivity contribution in [3.8, 4) is 5.75 Å². The lowest BCUT2D eigenvalue weighted by molar-refractivity contribution is 0.0743. The van der Waals surface area contributed by atoms with Crippen LogP contribution in [0.1, 0.15) is 5.82 Å². The Hall–Kier alpha value is -3.22. The van der Waals surface area contributed by atoms with E-state index in [1.165, 1.54) is 0 Å². The Morgan fingerprint density at radius 3 is 2.62 bits per heavy atom. The normalized spacial score (nSPS) is 12.5. The summed E-state index contributed by atoms with van der Waals surface area (Å²) in [6.07, 6.45) is -0.675. The van der Waals surface area contributed by atoms with Crippen LogP contribution in [0, 0.1) is 0 Å². The van der Waals surface area contributed by atoms with Gasteiger partial charge in [0.15, 0.2) is 0 Å². The summed E-state index contributed by atoms with van der Waals surface area (Å²) < 4.78 is 5.86. The number of aromatic nitrogens is 2. The molecule has 6 nitrogen and oxygen atoms in total. The molecule has 29 heavy (non-hydrogen) atoms. The molecule has 0 saturated heterocycles. The number of rotatable bonds is 7. The summed E-state index contributed by atoms with van der Waals surface area (Å²) in [5, 5.41) is 13.1. The van der Waals surface area contributed by atoms with E-state index >= 15 is 0 Å². The number of aliphatic hydroxyl groups is 1. The van der Waals surface area contributed by atoms with Gasteiger partial charge in [-0.3, -0.25) is 9.69 Å². The maximum Gasteiger partial charge on any atom is 0.258 e. The number of hydrogen-bond donors (Lipinski definition) is 2. The molecule has 148 valence electrons. The molecule has 6 heteroatoms. The Kier molecular flexibility index (Phi) is 5.55. The molecule has 1 heterocycles. The maximum atomic E-state index is 12.2. The number of aliphatic hydroxyl groups excluding tert-OH is 1. The van der Waals surface area contributed by atoms with E-state index in [-0.39, 0.29) is 12.2 Å². The summed E-state index contributed by atoms with van der Waals surface area (Å²) in [7, 11) is 1.87. The molecule has 1 unspecified atom stereocenters. The molecule has 3 aromatic carbocycles. The van der Waals surface area contributed by atoms with Crippen molar-refractivity contribution >= 4 is 21.7 Å². The zero-order chi connectivity index (χ0) is 20.2. The summed E-state index contributed by atoms with van der Waals surface area (Å²) in [6, 6.07) is 21.1. The topological polar surface area (TPSA) is 78.5 Å². The molecule has 4 aromatic rings. The average molecular weight is 389 g/mol. The fourth-order valence-electron chi connectivity index (χ4n) is 3.45. The number of fused-ring (bicyclic) bond motifs is 2. The second-order valence-electron chi connectivity index (χ2n) is 7.17. The van der Waals surface area contributed by atoms with Crippen molar-refractivity contribution in [2.24, 2.45) is 0 Å². The Labute approximate surface area is 168 Å². The molecule has 0 spiro atoms. The first kappa shape index (κ1) is 19.1. The minimum atomic E-state index is -0.675. The largest absolute Gasteiger partial charge is 0.490 e. The number of nitrogens with zero attached hydrogens (tertiary/aromatic N) is 2. The molecule has 0 aliphatic heterocycles. The van der Waals surface area contributed by atoms with E-state index < -0.39 is 6.10 Å². The molecule has 1 aromatic heterocycles. The van der Waals surface area contributed by atoms with Gasteiger partial charge in [0.2, 0.25) is 0 Å². The molecule has 0 aliphatic carbocycles. The van der Waals surface area contributed by atoms with Crippen molar-refractivity contribution in [2.45, 2.75) is 12.6 Å². The Morgan fingerprint density at radius 2 is 1.76 bits per heavy atom. The van der Waals surface area contributed by atoms with Crippen molar-refractivity contribution in [3.63, 3.8) is 0 Å². The van der Waals surface area contributed by atoms with Crippen molar-refractivity contribution in [1.29, 1.82) is 0 Å². The molecule has 0 amide bonds. The van der Waals surface area contributed by atoms with Gasteiger partial charge in [0, 0.05) is 11.9 Å². The molecule has 1 atom stereocenters. The molecule has 4 rings (SSSR count). The highest BCUT2D eigenvalue weighted by atomic mass is 16.5. The Morgan fingerprint density at radius 1 is 1.03 bits per heavy atom. The predicted octanol–water partition coefficient (Wildman–Crippen LogP) is 2.95. The number of benzene rings is 3. The highest BCUT2D eigenvalue weighted by Crippen LogP contribution is 2.25. The van der Waals surface area contributed by atoms with Crippen LogP contribution in [0.2, 0.25) is 0 Å². The number of nitrogens with one attached hydrogen (secondary N) is 1. The number of aromatic amines is 1. The molecule has 0 radical (unpaired) electrons. The molecular weight excluding hydrogens is 366 g/mol. The lowest BCUT2D eigenvalue weighted by Gasteiger charge is -2.20. The average Bonchev–Trinajstić information content (AvgIpc) is 2.72. The van der Waals surface area contributed by atoms with Crippen LogP contribution in [-0.4, -0.2) is 46.3 Å². The van der Waals surface area contributed by atoms with Crippen LogP contribution < -0.4 is 10.3 Å². The van der Waals surface area contributed by atoms with Crippen molar-refractivity contribution in [2.75, 3.05) is 20.2 Å². The SMILES string of the molecule is CN(Cc1nc2ccccc2c(=O)[nH]1)CC(O)COc1cccc2ccccc12. The first-order valence-electron chi connectivity index (χ1n) is 9.55. The molecule has 0 fully saturated rings.